The lowest BCUT2D eigenvalue weighted by atomic mass is 10.1. The summed E-state index contributed by atoms with van der Waals surface area (Å²) >= 11 is 1.25. The summed E-state index contributed by atoms with van der Waals surface area (Å²) in [7, 11) is 1.60. The molecule has 0 atom stereocenters. The summed E-state index contributed by atoms with van der Waals surface area (Å²) in [5, 5.41) is 11.9. The number of nitrogens with zero attached hydrogens (tertiary/aromatic N) is 3. The molecule has 4 rings (SSSR count). The number of benzene rings is 2. The van der Waals surface area contributed by atoms with Crippen LogP contribution in [0, 0.1) is 10.1 Å². The molecule has 1 aliphatic heterocycles. The molecule has 1 fully saturated rings. The average Bonchev–Trinajstić information content (AvgIpc) is 3.38. The number of aliphatic imine (C=N–C) groups is 1. The van der Waals surface area contributed by atoms with Gasteiger partial charge in [0.05, 0.1) is 28.2 Å². The van der Waals surface area contributed by atoms with Crippen molar-refractivity contribution in [1.29, 1.82) is 0 Å². The van der Waals surface area contributed by atoms with Crippen LogP contribution in [0.25, 0.3) is 17.4 Å². The molecule has 1 amide bonds. The van der Waals surface area contributed by atoms with Crippen molar-refractivity contribution in [2.75, 3.05) is 13.7 Å². The lowest BCUT2D eigenvalue weighted by molar-refractivity contribution is -0.384. The van der Waals surface area contributed by atoms with Crippen LogP contribution in [-0.4, -0.2) is 34.6 Å². The van der Waals surface area contributed by atoms with E-state index in [1.54, 1.807) is 60.6 Å². The molecule has 32 heavy (non-hydrogen) atoms. The Morgan fingerprint density at radius 1 is 1.16 bits per heavy atom. The minimum Gasteiger partial charge on any atom is -0.497 e. The summed E-state index contributed by atoms with van der Waals surface area (Å²) in [4.78, 5) is 30.4. The molecule has 2 heterocycles. The topological polar surface area (TPSA) is 98.2 Å². The number of hydrogen-bond acceptors (Lipinski definition) is 7. The van der Waals surface area contributed by atoms with Gasteiger partial charge >= 0.3 is 0 Å². The van der Waals surface area contributed by atoms with Crippen molar-refractivity contribution < 1.29 is 18.9 Å². The van der Waals surface area contributed by atoms with E-state index in [1.165, 1.54) is 17.8 Å². The third-order valence-corrected chi connectivity index (χ3v) is 5.77. The molecule has 1 saturated heterocycles. The van der Waals surface area contributed by atoms with Gasteiger partial charge in [0.1, 0.15) is 17.3 Å². The summed E-state index contributed by atoms with van der Waals surface area (Å²) in [6.45, 7) is 2.35. The molecule has 162 valence electrons. The zero-order valence-corrected chi connectivity index (χ0v) is 18.2. The maximum Gasteiger partial charge on any atom is 0.280 e. The van der Waals surface area contributed by atoms with E-state index >= 15 is 0 Å². The van der Waals surface area contributed by atoms with E-state index in [2.05, 4.69) is 4.99 Å². The number of ether oxygens (including phenoxy) is 1. The summed E-state index contributed by atoms with van der Waals surface area (Å²) < 4.78 is 11.0. The molecule has 0 saturated carbocycles. The van der Waals surface area contributed by atoms with Gasteiger partial charge < -0.3 is 9.15 Å². The van der Waals surface area contributed by atoms with Crippen molar-refractivity contribution >= 4 is 40.3 Å². The number of amides is 1. The first kappa shape index (κ1) is 21.4. The molecule has 1 aromatic heterocycles. The molecule has 0 N–H and O–H groups in total. The number of nitro benzene ring substituents is 1. The second kappa shape index (κ2) is 9.11. The van der Waals surface area contributed by atoms with E-state index in [9.17, 15) is 14.9 Å². The smallest absolute Gasteiger partial charge is 0.280 e. The Morgan fingerprint density at radius 3 is 2.59 bits per heavy atom. The summed E-state index contributed by atoms with van der Waals surface area (Å²) in [6, 6.07) is 16.9. The van der Waals surface area contributed by atoms with Crippen LogP contribution in [0.5, 0.6) is 5.75 Å². The van der Waals surface area contributed by atoms with Crippen LogP contribution in [0.3, 0.4) is 0 Å². The maximum atomic E-state index is 12.9. The van der Waals surface area contributed by atoms with Crippen LogP contribution in [0.2, 0.25) is 0 Å². The molecule has 1 aliphatic rings. The molecule has 0 unspecified atom stereocenters. The van der Waals surface area contributed by atoms with E-state index in [4.69, 9.17) is 9.15 Å². The molecule has 0 spiro atoms. The van der Waals surface area contributed by atoms with Crippen molar-refractivity contribution in [3.8, 4) is 17.1 Å². The Balaban J connectivity index is 1.62. The van der Waals surface area contributed by atoms with E-state index in [0.29, 0.717) is 39.4 Å². The number of furan rings is 1. The van der Waals surface area contributed by atoms with Gasteiger partial charge in [0.2, 0.25) is 0 Å². The number of methoxy groups -OCH3 is 1. The predicted molar refractivity (Wildman–Crippen MR) is 124 cm³/mol. The number of rotatable bonds is 6. The standard InChI is InChI=1S/C23H19N3O5S/c1-3-25-22(27)21(32-23(25)24-15-8-10-16(30-2)11-9-15)14-17-12-13-20(31-17)18-6-4-5-7-19(18)26(28)29/h4-14H,3H2,1-2H3/b21-14-,24-23?. The highest BCUT2D eigenvalue weighted by Gasteiger charge is 2.32. The van der Waals surface area contributed by atoms with Gasteiger partial charge in [-0.2, -0.15) is 0 Å². The fraction of sp³-hybridized carbons (Fsp3) is 0.130. The largest absolute Gasteiger partial charge is 0.497 e. The Bertz CT molecular complexity index is 1230. The van der Waals surface area contributed by atoms with Crippen molar-refractivity contribution in [2.45, 2.75) is 6.92 Å². The highest BCUT2D eigenvalue weighted by Crippen LogP contribution is 2.36. The molecular weight excluding hydrogens is 430 g/mol. The first-order valence-corrected chi connectivity index (χ1v) is 10.6. The number of likely N-dealkylation sites (N-methyl/N-ethyl adjacent to an activating group) is 1. The van der Waals surface area contributed by atoms with E-state index < -0.39 is 4.92 Å². The molecule has 0 radical (unpaired) electrons. The van der Waals surface area contributed by atoms with E-state index in [1.807, 2.05) is 19.1 Å². The monoisotopic (exact) mass is 449 g/mol. The van der Waals surface area contributed by atoms with Gasteiger partial charge in [-0.05, 0) is 61.2 Å². The summed E-state index contributed by atoms with van der Waals surface area (Å²) in [6.07, 6.45) is 1.63. The second-order valence-corrected chi connectivity index (χ2v) is 7.74. The zero-order valence-electron chi connectivity index (χ0n) is 17.3. The van der Waals surface area contributed by atoms with Gasteiger partial charge in [-0.15, -0.1) is 0 Å². The first-order valence-electron chi connectivity index (χ1n) is 9.78. The SMILES string of the molecule is CCN1C(=O)/C(=C/c2ccc(-c3ccccc3[N+](=O)[O-])o2)SC1=Nc1ccc(OC)cc1. The molecule has 9 heteroatoms. The third-order valence-electron chi connectivity index (χ3n) is 4.77. The summed E-state index contributed by atoms with van der Waals surface area (Å²) in [5.74, 6) is 1.34. The van der Waals surface area contributed by atoms with E-state index in [-0.39, 0.29) is 11.6 Å². The Morgan fingerprint density at radius 2 is 1.91 bits per heavy atom. The Hall–Kier alpha value is -3.85. The highest BCUT2D eigenvalue weighted by molar-refractivity contribution is 8.18. The molecule has 2 aromatic carbocycles. The normalized spacial score (nSPS) is 16.2. The fourth-order valence-electron chi connectivity index (χ4n) is 3.18. The van der Waals surface area contributed by atoms with Gasteiger partial charge in [0.25, 0.3) is 11.6 Å². The molecule has 3 aromatic rings. The van der Waals surface area contributed by atoms with Crippen molar-refractivity contribution in [1.82, 2.24) is 4.90 Å². The average molecular weight is 449 g/mol. The number of carbonyl (C=O) groups is 1. The predicted octanol–water partition coefficient (Wildman–Crippen LogP) is 5.49. The molecule has 0 bridgehead atoms. The Kier molecular flexibility index (Phi) is 6.09. The second-order valence-electron chi connectivity index (χ2n) is 6.73. The van der Waals surface area contributed by atoms with Crippen molar-refractivity contribution in [2.24, 2.45) is 4.99 Å². The minimum atomic E-state index is -0.451. The van der Waals surface area contributed by atoms with Gasteiger partial charge in [-0.1, -0.05) is 12.1 Å². The first-order chi connectivity index (χ1) is 15.5. The number of thioether (sulfide) groups is 1. The third kappa shape index (κ3) is 4.28. The number of hydrogen-bond donors (Lipinski definition) is 0. The van der Waals surface area contributed by atoms with Gasteiger partial charge in [0, 0.05) is 18.7 Å². The van der Waals surface area contributed by atoms with Crippen LogP contribution < -0.4 is 4.74 Å². The van der Waals surface area contributed by atoms with Crippen molar-refractivity contribution in [3.63, 3.8) is 0 Å². The van der Waals surface area contributed by atoms with Gasteiger partial charge in [-0.3, -0.25) is 19.8 Å². The van der Waals surface area contributed by atoms with Crippen LogP contribution in [0.4, 0.5) is 11.4 Å². The lowest BCUT2D eigenvalue weighted by Crippen LogP contribution is -2.28. The van der Waals surface area contributed by atoms with Crippen LogP contribution in [0.15, 0.2) is 75.0 Å². The minimum absolute atomic E-state index is 0.0431. The number of amidine groups is 1. The van der Waals surface area contributed by atoms with Crippen LogP contribution in [0.1, 0.15) is 12.7 Å². The summed E-state index contributed by atoms with van der Waals surface area (Å²) in [5.41, 5.74) is 1.04. The Labute approximate surface area is 188 Å². The molecule has 0 aliphatic carbocycles. The molecule has 8 nitrogen and oxygen atoms in total. The van der Waals surface area contributed by atoms with Gasteiger partial charge in [0.15, 0.2) is 5.17 Å². The van der Waals surface area contributed by atoms with Gasteiger partial charge in [-0.25, -0.2) is 4.99 Å². The number of carbonyl (C=O) groups excluding carboxylic acids is 1. The quantitative estimate of drug-likeness (QED) is 0.280. The highest BCUT2D eigenvalue weighted by atomic mass is 32.2. The van der Waals surface area contributed by atoms with Crippen molar-refractivity contribution in [3.05, 3.63) is 81.4 Å². The maximum absolute atomic E-state index is 12.9. The fourth-order valence-corrected chi connectivity index (χ4v) is 4.23. The van der Waals surface area contributed by atoms with Crippen LogP contribution in [-0.2, 0) is 4.79 Å². The van der Waals surface area contributed by atoms with Crippen LogP contribution >= 0.6 is 11.8 Å². The van der Waals surface area contributed by atoms with E-state index in [0.717, 1.165) is 5.75 Å². The molecular formula is C23H19N3O5S. The lowest BCUT2D eigenvalue weighted by Gasteiger charge is -2.12. The zero-order chi connectivity index (χ0) is 22.7. The number of nitro groups is 1. The number of para-hydroxylation sites is 1.